The van der Waals surface area contributed by atoms with E-state index in [0.717, 1.165) is 13.1 Å². The molecule has 0 spiro atoms. The predicted molar refractivity (Wildman–Crippen MR) is 64.8 cm³/mol. The van der Waals surface area contributed by atoms with Gasteiger partial charge in [0.05, 0.1) is 0 Å². The van der Waals surface area contributed by atoms with Crippen molar-refractivity contribution >= 4 is 5.91 Å². The van der Waals surface area contributed by atoms with Gasteiger partial charge in [-0.3, -0.25) is 4.79 Å². The summed E-state index contributed by atoms with van der Waals surface area (Å²) < 4.78 is 0. The van der Waals surface area contributed by atoms with E-state index < -0.39 is 0 Å². The standard InChI is InChI=1S/C10H20N2O.C2H6/c1-8(2)12-5-4-10(7-12)6-11-9(3)13;1-2/h8,10H,4-7H2,1-3H3,(H,11,13);1-2H3. The van der Waals surface area contributed by atoms with Gasteiger partial charge in [-0.05, 0) is 32.7 Å². The van der Waals surface area contributed by atoms with Crippen molar-refractivity contribution in [3.8, 4) is 0 Å². The first-order valence-electron chi connectivity index (χ1n) is 6.08. The van der Waals surface area contributed by atoms with Crippen molar-refractivity contribution in [2.24, 2.45) is 5.92 Å². The minimum atomic E-state index is 0.0861. The van der Waals surface area contributed by atoms with Crippen LogP contribution in [-0.2, 0) is 4.79 Å². The number of likely N-dealkylation sites (tertiary alicyclic amines) is 1. The summed E-state index contributed by atoms with van der Waals surface area (Å²) in [6.07, 6.45) is 1.22. The fourth-order valence-corrected chi connectivity index (χ4v) is 1.79. The lowest BCUT2D eigenvalue weighted by molar-refractivity contribution is -0.119. The monoisotopic (exact) mass is 214 g/mol. The number of hydrogen-bond acceptors (Lipinski definition) is 2. The molecule has 3 heteroatoms. The smallest absolute Gasteiger partial charge is 0.216 e. The van der Waals surface area contributed by atoms with E-state index in [0.29, 0.717) is 12.0 Å². The average molecular weight is 214 g/mol. The number of nitrogens with zero attached hydrogens (tertiary/aromatic N) is 1. The molecule has 1 aliphatic rings. The van der Waals surface area contributed by atoms with Crippen LogP contribution in [0.4, 0.5) is 0 Å². The van der Waals surface area contributed by atoms with Gasteiger partial charge in [0.15, 0.2) is 0 Å². The molecule has 1 saturated heterocycles. The van der Waals surface area contributed by atoms with Crippen LogP contribution in [0.25, 0.3) is 0 Å². The summed E-state index contributed by atoms with van der Waals surface area (Å²) in [5.41, 5.74) is 0. The van der Waals surface area contributed by atoms with Gasteiger partial charge < -0.3 is 10.2 Å². The topological polar surface area (TPSA) is 32.3 Å². The van der Waals surface area contributed by atoms with Crippen LogP contribution in [0.3, 0.4) is 0 Å². The first-order chi connectivity index (χ1) is 7.09. The van der Waals surface area contributed by atoms with Gasteiger partial charge in [-0.25, -0.2) is 0 Å². The predicted octanol–water partition coefficient (Wildman–Crippen LogP) is 1.88. The highest BCUT2D eigenvalue weighted by atomic mass is 16.1. The molecule has 15 heavy (non-hydrogen) atoms. The number of carbonyl (C=O) groups excluding carboxylic acids is 1. The highest BCUT2D eigenvalue weighted by molar-refractivity contribution is 5.72. The molecule has 1 rings (SSSR count). The third-order valence-corrected chi connectivity index (χ3v) is 2.69. The molecule has 0 aliphatic carbocycles. The largest absolute Gasteiger partial charge is 0.356 e. The van der Waals surface area contributed by atoms with Crippen LogP contribution in [0, 0.1) is 5.92 Å². The first-order valence-corrected chi connectivity index (χ1v) is 6.08. The maximum Gasteiger partial charge on any atom is 0.216 e. The van der Waals surface area contributed by atoms with Crippen molar-refractivity contribution in [3.05, 3.63) is 0 Å². The van der Waals surface area contributed by atoms with Crippen LogP contribution in [0.5, 0.6) is 0 Å². The Kier molecular flexibility index (Phi) is 7.39. The first kappa shape index (κ1) is 14.4. The Morgan fingerprint density at radius 1 is 1.47 bits per heavy atom. The normalized spacial score (nSPS) is 21.1. The van der Waals surface area contributed by atoms with Gasteiger partial charge in [-0.15, -0.1) is 0 Å². The van der Waals surface area contributed by atoms with Crippen LogP contribution >= 0.6 is 0 Å². The lowest BCUT2D eigenvalue weighted by Gasteiger charge is -2.20. The molecule has 0 saturated carbocycles. The van der Waals surface area contributed by atoms with Gasteiger partial charge >= 0.3 is 0 Å². The van der Waals surface area contributed by atoms with Crippen molar-refractivity contribution in [2.45, 2.75) is 47.1 Å². The summed E-state index contributed by atoms with van der Waals surface area (Å²) in [7, 11) is 0. The Hall–Kier alpha value is -0.570. The molecular weight excluding hydrogens is 188 g/mol. The van der Waals surface area contributed by atoms with Crippen LogP contribution in [0.1, 0.15) is 41.0 Å². The quantitative estimate of drug-likeness (QED) is 0.778. The van der Waals surface area contributed by atoms with E-state index in [1.54, 1.807) is 6.92 Å². The maximum absolute atomic E-state index is 10.7. The van der Waals surface area contributed by atoms with Crippen molar-refractivity contribution in [3.63, 3.8) is 0 Å². The lowest BCUT2D eigenvalue weighted by atomic mass is 10.1. The van der Waals surface area contributed by atoms with Crippen molar-refractivity contribution in [1.29, 1.82) is 0 Å². The molecule has 0 aromatic carbocycles. The summed E-state index contributed by atoms with van der Waals surface area (Å²) in [5, 5.41) is 2.88. The van der Waals surface area contributed by atoms with Gasteiger partial charge in [0.25, 0.3) is 0 Å². The van der Waals surface area contributed by atoms with E-state index in [1.165, 1.54) is 13.0 Å². The van der Waals surface area contributed by atoms with Crippen molar-refractivity contribution in [1.82, 2.24) is 10.2 Å². The Balaban J connectivity index is 0.000000921. The number of nitrogens with one attached hydrogen (secondary N) is 1. The molecule has 1 heterocycles. The van der Waals surface area contributed by atoms with E-state index in [2.05, 4.69) is 24.1 Å². The Morgan fingerprint density at radius 2 is 2.07 bits per heavy atom. The SMILES string of the molecule is CC.CC(=O)NCC1CCN(C(C)C)C1. The van der Waals surface area contributed by atoms with Crippen LogP contribution in [0.2, 0.25) is 0 Å². The molecular formula is C12H26N2O. The Bertz CT molecular complexity index is 180. The zero-order valence-electron chi connectivity index (χ0n) is 10.8. The lowest BCUT2D eigenvalue weighted by Crippen LogP contribution is -2.31. The molecule has 1 fully saturated rings. The highest BCUT2D eigenvalue weighted by Crippen LogP contribution is 2.17. The van der Waals surface area contributed by atoms with E-state index >= 15 is 0 Å². The highest BCUT2D eigenvalue weighted by Gasteiger charge is 2.23. The van der Waals surface area contributed by atoms with Gasteiger partial charge in [0.2, 0.25) is 5.91 Å². The van der Waals surface area contributed by atoms with Crippen molar-refractivity contribution < 1.29 is 4.79 Å². The minimum Gasteiger partial charge on any atom is -0.356 e. The summed E-state index contributed by atoms with van der Waals surface area (Å²) in [4.78, 5) is 13.2. The van der Waals surface area contributed by atoms with E-state index in [1.807, 2.05) is 13.8 Å². The average Bonchev–Trinajstić information content (AvgIpc) is 2.66. The van der Waals surface area contributed by atoms with Crippen LogP contribution in [0.15, 0.2) is 0 Å². The second-order valence-electron chi connectivity index (χ2n) is 4.18. The molecule has 3 nitrogen and oxygen atoms in total. The van der Waals surface area contributed by atoms with Gasteiger partial charge in [-0.1, -0.05) is 13.8 Å². The number of rotatable bonds is 3. The van der Waals surface area contributed by atoms with E-state index in [4.69, 9.17) is 0 Å². The second-order valence-corrected chi connectivity index (χ2v) is 4.18. The summed E-state index contributed by atoms with van der Waals surface area (Å²) >= 11 is 0. The van der Waals surface area contributed by atoms with Crippen LogP contribution in [-0.4, -0.2) is 36.5 Å². The van der Waals surface area contributed by atoms with Gasteiger partial charge in [-0.2, -0.15) is 0 Å². The number of amides is 1. The minimum absolute atomic E-state index is 0.0861. The molecule has 0 radical (unpaired) electrons. The molecule has 1 atom stereocenters. The van der Waals surface area contributed by atoms with E-state index in [9.17, 15) is 4.79 Å². The fraction of sp³-hybridized carbons (Fsp3) is 0.917. The Morgan fingerprint density at radius 3 is 2.47 bits per heavy atom. The number of hydrogen-bond donors (Lipinski definition) is 1. The molecule has 0 aromatic rings. The van der Waals surface area contributed by atoms with Gasteiger partial charge in [0, 0.05) is 26.1 Å². The second kappa shape index (κ2) is 7.69. The summed E-state index contributed by atoms with van der Waals surface area (Å²) in [6, 6.07) is 0.641. The molecule has 1 aliphatic heterocycles. The third kappa shape index (κ3) is 5.78. The van der Waals surface area contributed by atoms with Crippen LogP contribution < -0.4 is 5.32 Å². The zero-order valence-corrected chi connectivity index (χ0v) is 10.8. The molecule has 90 valence electrons. The Labute approximate surface area is 94.2 Å². The van der Waals surface area contributed by atoms with E-state index in [-0.39, 0.29) is 5.91 Å². The molecule has 1 unspecified atom stereocenters. The molecule has 0 bridgehead atoms. The summed E-state index contributed by atoms with van der Waals surface area (Å²) in [5.74, 6) is 0.745. The molecule has 0 aromatic heterocycles. The third-order valence-electron chi connectivity index (χ3n) is 2.69. The molecule has 1 amide bonds. The van der Waals surface area contributed by atoms with Gasteiger partial charge in [0.1, 0.15) is 0 Å². The fourth-order valence-electron chi connectivity index (χ4n) is 1.79. The van der Waals surface area contributed by atoms with Crippen molar-refractivity contribution in [2.75, 3.05) is 19.6 Å². The number of carbonyl (C=O) groups is 1. The molecule has 1 N–H and O–H groups in total. The zero-order chi connectivity index (χ0) is 11.8. The maximum atomic E-state index is 10.7. The summed E-state index contributed by atoms with van der Waals surface area (Å²) in [6.45, 7) is 13.2.